The highest BCUT2D eigenvalue weighted by Crippen LogP contribution is 2.07. The largest absolute Gasteiger partial charge is 0.351 e. The molecule has 2 rings (SSSR count). The fourth-order valence-corrected chi connectivity index (χ4v) is 1.99. The maximum absolute atomic E-state index is 11.6. The van der Waals surface area contributed by atoms with Crippen molar-refractivity contribution in [3.05, 3.63) is 17.5 Å². The van der Waals surface area contributed by atoms with Crippen molar-refractivity contribution in [2.45, 2.75) is 32.2 Å². The van der Waals surface area contributed by atoms with Crippen molar-refractivity contribution in [3.63, 3.8) is 0 Å². The van der Waals surface area contributed by atoms with Gasteiger partial charge in [0.05, 0.1) is 0 Å². The number of nitrogens with one attached hydrogen (secondary N) is 3. The molecule has 0 saturated carbocycles. The summed E-state index contributed by atoms with van der Waals surface area (Å²) in [7, 11) is 0. The lowest BCUT2D eigenvalue weighted by atomic mass is 10.1. The summed E-state index contributed by atoms with van der Waals surface area (Å²) in [5.74, 6) is -0.0950. The van der Waals surface area contributed by atoms with E-state index in [0.717, 1.165) is 18.7 Å². The third-order valence-electron chi connectivity index (χ3n) is 2.88. The number of aryl methyl sites for hydroxylation is 1. The third-order valence-corrected chi connectivity index (χ3v) is 2.88. The first-order valence-corrected chi connectivity index (χ1v) is 5.79. The van der Waals surface area contributed by atoms with Crippen LogP contribution in [0.25, 0.3) is 0 Å². The SMILES string of the molecule is Cc1cc(C(=O)NCC[C@@H]2CCCN2)n[nH]1. The Labute approximate surface area is 95.0 Å². The van der Waals surface area contributed by atoms with Crippen LogP contribution in [0.1, 0.15) is 35.4 Å². The second-order valence-electron chi connectivity index (χ2n) is 4.27. The number of hydrogen-bond donors (Lipinski definition) is 3. The summed E-state index contributed by atoms with van der Waals surface area (Å²) in [6.45, 7) is 3.70. The van der Waals surface area contributed by atoms with E-state index in [1.54, 1.807) is 6.07 Å². The van der Waals surface area contributed by atoms with Gasteiger partial charge < -0.3 is 10.6 Å². The molecule has 0 aromatic carbocycles. The van der Waals surface area contributed by atoms with Gasteiger partial charge in [0.1, 0.15) is 5.69 Å². The van der Waals surface area contributed by atoms with Gasteiger partial charge in [-0.3, -0.25) is 9.89 Å². The van der Waals surface area contributed by atoms with Crippen molar-refractivity contribution in [1.82, 2.24) is 20.8 Å². The van der Waals surface area contributed by atoms with E-state index in [1.807, 2.05) is 6.92 Å². The van der Waals surface area contributed by atoms with Crippen LogP contribution < -0.4 is 10.6 Å². The topological polar surface area (TPSA) is 69.8 Å². The monoisotopic (exact) mass is 222 g/mol. The summed E-state index contributed by atoms with van der Waals surface area (Å²) >= 11 is 0. The smallest absolute Gasteiger partial charge is 0.271 e. The molecule has 1 amide bonds. The summed E-state index contributed by atoms with van der Waals surface area (Å²) < 4.78 is 0. The third kappa shape index (κ3) is 2.82. The molecule has 0 bridgehead atoms. The van der Waals surface area contributed by atoms with Crippen LogP contribution >= 0.6 is 0 Å². The lowest BCUT2D eigenvalue weighted by Crippen LogP contribution is -2.30. The van der Waals surface area contributed by atoms with Gasteiger partial charge in [0, 0.05) is 18.3 Å². The zero-order valence-electron chi connectivity index (χ0n) is 9.55. The number of carbonyl (C=O) groups is 1. The predicted molar refractivity (Wildman–Crippen MR) is 61.3 cm³/mol. The number of H-pyrrole nitrogens is 1. The molecule has 1 fully saturated rings. The molecule has 0 unspecified atom stereocenters. The van der Waals surface area contributed by atoms with E-state index >= 15 is 0 Å². The molecule has 16 heavy (non-hydrogen) atoms. The minimum absolute atomic E-state index is 0.0950. The Morgan fingerprint density at radius 1 is 1.69 bits per heavy atom. The Hall–Kier alpha value is -1.36. The molecule has 1 atom stereocenters. The summed E-state index contributed by atoms with van der Waals surface area (Å²) in [6.07, 6.45) is 3.46. The molecule has 5 nitrogen and oxygen atoms in total. The van der Waals surface area contributed by atoms with Crippen molar-refractivity contribution in [2.75, 3.05) is 13.1 Å². The van der Waals surface area contributed by atoms with Gasteiger partial charge in [-0.2, -0.15) is 5.10 Å². The highest BCUT2D eigenvalue weighted by molar-refractivity contribution is 5.92. The molecule has 0 radical (unpaired) electrons. The molecule has 1 aliphatic heterocycles. The maximum Gasteiger partial charge on any atom is 0.271 e. The molecule has 0 spiro atoms. The molecule has 1 aliphatic rings. The second kappa shape index (κ2) is 5.12. The van der Waals surface area contributed by atoms with Gasteiger partial charge in [0.25, 0.3) is 5.91 Å². The number of rotatable bonds is 4. The van der Waals surface area contributed by atoms with Crippen LogP contribution in [0.4, 0.5) is 0 Å². The average molecular weight is 222 g/mol. The van der Waals surface area contributed by atoms with Crippen LogP contribution in [0.15, 0.2) is 6.07 Å². The Bertz CT molecular complexity index is 355. The van der Waals surface area contributed by atoms with Crippen LogP contribution in [0.3, 0.4) is 0 Å². The number of aromatic nitrogens is 2. The van der Waals surface area contributed by atoms with E-state index < -0.39 is 0 Å². The van der Waals surface area contributed by atoms with Gasteiger partial charge in [-0.1, -0.05) is 0 Å². The predicted octanol–water partition coefficient (Wildman–Crippen LogP) is 0.590. The van der Waals surface area contributed by atoms with Crippen LogP contribution in [0.5, 0.6) is 0 Å². The molecule has 5 heteroatoms. The number of amides is 1. The van der Waals surface area contributed by atoms with Gasteiger partial charge in [0.2, 0.25) is 0 Å². The first-order valence-electron chi connectivity index (χ1n) is 5.79. The number of nitrogens with zero attached hydrogens (tertiary/aromatic N) is 1. The molecule has 2 heterocycles. The lowest BCUT2D eigenvalue weighted by Gasteiger charge is -2.09. The highest BCUT2D eigenvalue weighted by atomic mass is 16.1. The normalized spacial score (nSPS) is 19.9. The van der Waals surface area contributed by atoms with Crippen molar-refractivity contribution in [1.29, 1.82) is 0 Å². The first-order chi connectivity index (χ1) is 7.75. The fraction of sp³-hybridized carbons (Fsp3) is 0.636. The fourth-order valence-electron chi connectivity index (χ4n) is 1.99. The van der Waals surface area contributed by atoms with Gasteiger partial charge >= 0.3 is 0 Å². The Kier molecular flexibility index (Phi) is 3.56. The quantitative estimate of drug-likeness (QED) is 0.698. The van der Waals surface area contributed by atoms with Crippen LogP contribution in [0, 0.1) is 6.92 Å². The molecule has 0 aliphatic carbocycles. The Morgan fingerprint density at radius 2 is 2.56 bits per heavy atom. The van der Waals surface area contributed by atoms with E-state index in [-0.39, 0.29) is 5.91 Å². The zero-order chi connectivity index (χ0) is 11.4. The summed E-state index contributed by atoms with van der Waals surface area (Å²) in [4.78, 5) is 11.6. The summed E-state index contributed by atoms with van der Waals surface area (Å²) in [6, 6.07) is 2.32. The van der Waals surface area contributed by atoms with Crippen molar-refractivity contribution in [2.24, 2.45) is 0 Å². The van der Waals surface area contributed by atoms with Crippen LogP contribution in [-0.4, -0.2) is 35.2 Å². The number of aromatic amines is 1. The van der Waals surface area contributed by atoms with Gasteiger partial charge in [-0.25, -0.2) is 0 Å². The second-order valence-corrected chi connectivity index (χ2v) is 4.27. The highest BCUT2D eigenvalue weighted by Gasteiger charge is 2.14. The molecule has 1 aromatic heterocycles. The Morgan fingerprint density at radius 3 is 3.19 bits per heavy atom. The molecule has 1 aromatic rings. The van der Waals surface area contributed by atoms with E-state index in [2.05, 4.69) is 20.8 Å². The van der Waals surface area contributed by atoms with Crippen LogP contribution in [-0.2, 0) is 0 Å². The van der Waals surface area contributed by atoms with E-state index in [0.29, 0.717) is 18.3 Å². The minimum Gasteiger partial charge on any atom is -0.351 e. The lowest BCUT2D eigenvalue weighted by molar-refractivity contribution is 0.0947. The average Bonchev–Trinajstić information content (AvgIpc) is 2.89. The van der Waals surface area contributed by atoms with Crippen molar-refractivity contribution in [3.8, 4) is 0 Å². The van der Waals surface area contributed by atoms with E-state index in [4.69, 9.17) is 0 Å². The van der Waals surface area contributed by atoms with Gasteiger partial charge in [-0.15, -0.1) is 0 Å². The number of hydrogen-bond acceptors (Lipinski definition) is 3. The van der Waals surface area contributed by atoms with Crippen LogP contribution in [0.2, 0.25) is 0 Å². The standard InChI is InChI=1S/C11H18N4O/c1-8-7-10(15-14-8)11(16)13-6-4-9-3-2-5-12-9/h7,9,12H,2-6H2,1H3,(H,13,16)(H,14,15)/t9-/m0/s1. The number of carbonyl (C=O) groups excluding carboxylic acids is 1. The Balaban J connectivity index is 1.71. The minimum atomic E-state index is -0.0950. The molecular weight excluding hydrogens is 204 g/mol. The van der Waals surface area contributed by atoms with Crippen molar-refractivity contribution < 1.29 is 4.79 Å². The maximum atomic E-state index is 11.6. The van der Waals surface area contributed by atoms with E-state index in [9.17, 15) is 4.79 Å². The first kappa shape index (κ1) is 11.1. The molecular formula is C11H18N4O. The summed E-state index contributed by atoms with van der Waals surface area (Å²) in [5.41, 5.74) is 1.37. The summed E-state index contributed by atoms with van der Waals surface area (Å²) in [5, 5.41) is 13.0. The van der Waals surface area contributed by atoms with Crippen molar-refractivity contribution >= 4 is 5.91 Å². The molecule has 3 N–H and O–H groups in total. The molecule has 88 valence electrons. The zero-order valence-corrected chi connectivity index (χ0v) is 9.55. The molecule has 1 saturated heterocycles. The van der Waals surface area contributed by atoms with Gasteiger partial charge in [0.15, 0.2) is 0 Å². The van der Waals surface area contributed by atoms with E-state index in [1.165, 1.54) is 12.8 Å². The van der Waals surface area contributed by atoms with Gasteiger partial charge in [-0.05, 0) is 38.8 Å².